The summed E-state index contributed by atoms with van der Waals surface area (Å²) in [6, 6.07) is 0. The molecule has 0 aromatic carbocycles. The van der Waals surface area contributed by atoms with Gasteiger partial charge >= 0.3 is 0 Å². The van der Waals surface area contributed by atoms with E-state index in [1.54, 1.807) is 7.05 Å². The Morgan fingerprint density at radius 2 is 1.30 bits per heavy atom. The van der Waals surface area contributed by atoms with Crippen LogP contribution in [0.5, 0.6) is 0 Å². The lowest BCUT2D eigenvalue weighted by Gasteiger charge is -2.21. The first-order valence-corrected chi connectivity index (χ1v) is 10.0. The van der Waals surface area contributed by atoms with Gasteiger partial charge in [-0.2, -0.15) is 0 Å². The van der Waals surface area contributed by atoms with Gasteiger partial charge in [0.2, 0.25) is 17.7 Å². The Bertz CT molecular complexity index is 480. The molecule has 0 atom stereocenters. The highest BCUT2D eigenvalue weighted by Crippen LogP contribution is 2.08. The van der Waals surface area contributed by atoms with Crippen LogP contribution in [0, 0.1) is 0 Å². The minimum Gasteiger partial charge on any atom is -0.356 e. The minimum atomic E-state index is -0.288. The zero-order valence-electron chi connectivity index (χ0n) is 17.5. The monoisotopic (exact) mass is 383 g/mol. The fraction of sp³-hybridized carbons (Fsp3) is 0.800. The Hall–Kier alpha value is -1.92. The maximum absolute atomic E-state index is 12.0. The summed E-state index contributed by atoms with van der Waals surface area (Å²) in [5.41, 5.74) is 0. The normalized spacial score (nSPS) is 10.4. The predicted octanol–water partition coefficient (Wildman–Crippen LogP) is 2.14. The van der Waals surface area contributed by atoms with Crippen LogP contribution in [0.15, 0.2) is 0 Å². The molecule has 0 spiro atoms. The summed E-state index contributed by atoms with van der Waals surface area (Å²) in [6.45, 7) is 3.84. The fourth-order valence-electron chi connectivity index (χ4n) is 2.66. The molecule has 0 aromatic heterocycles. The van der Waals surface area contributed by atoms with E-state index in [4.69, 9.17) is 0 Å². The van der Waals surface area contributed by atoms with Crippen LogP contribution in [0.1, 0.15) is 71.6 Å². The van der Waals surface area contributed by atoms with Gasteiger partial charge in [0.25, 0.3) is 0 Å². The molecule has 0 saturated heterocycles. The third-order valence-electron chi connectivity index (χ3n) is 4.35. The molecule has 0 heterocycles. The summed E-state index contributed by atoms with van der Waals surface area (Å²) >= 11 is 0. The molecule has 0 rings (SSSR count). The van der Waals surface area contributed by atoms with E-state index < -0.39 is 0 Å². The Kier molecular flexibility index (Phi) is 14.1. The highest BCUT2D eigenvalue weighted by molar-refractivity contribution is 5.88. The van der Waals surface area contributed by atoms with Crippen LogP contribution in [-0.2, 0) is 19.2 Å². The molecule has 156 valence electrons. The molecule has 27 heavy (non-hydrogen) atoms. The van der Waals surface area contributed by atoms with Gasteiger partial charge in [0.1, 0.15) is 5.78 Å². The van der Waals surface area contributed by atoms with Crippen LogP contribution >= 0.6 is 0 Å². The molecule has 7 heteroatoms. The summed E-state index contributed by atoms with van der Waals surface area (Å²) in [5.74, 6) is -0.639. The van der Waals surface area contributed by atoms with Crippen molar-refractivity contribution in [1.29, 1.82) is 0 Å². The van der Waals surface area contributed by atoms with Crippen LogP contribution in [0.2, 0.25) is 0 Å². The zero-order chi connectivity index (χ0) is 20.7. The second kappa shape index (κ2) is 15.2. The van der Waals surface area contributed by atoms with Gasteiger partial charge < -0.3 is 15.1 Å². The largest absolute Gasteiger partial charge is 0.356 e. The van der Waals surface area contributed by atoms with Crippen LogP contribution in [0.3, 0.4) is 0 Å². The molecular weight excluding hydrogens is 346 g/mol. The van der Waals surface area contributed by atoms with Crippen molar-refractivity contribution in [3.8, 4) is 0 Å². The van der Waals surface area contributed by atoms with Crippen molar-refractivity contribution in [1.82, 2.24) is 15.1 Å². The summed E-state index contributed by atoms with van der Waals surface area (Å²) < 4.78 is 0. The van der Waals surface area contributed by atoms with E-state index in [0.29, 0.717) is 6.42 Å². The first kappa shape index (κ1) is 25.1. The first-order valence-electron chi connectivity index (χ1n) is 10.0. The highest BCUT2D eigenvalue weighted by atomic mass is 16.2. The number of unbranched alkanes of at least 4 members (excludes halogenated alkanes) is 6. The smallest absolute Gasteiger partial charge is 0.242 e. The SMILES string of the molecule is CCCCCCCCCC(=O)NCCC(=O)N(C)CC(=O)N(C)CC(C)=O. The first-order chi connectivity index (χ1) is 12.8. The standard InChI is InChI=1S/C20H37N3O4/c1-5-6-7-8-9-10-11-12-18(25)21-14-13-19(26)23(4)16-20(27)22(3)15-17(2)24/h5-16H2,1-4H3,(H,21,25). The number of nitrogens with one attached hydrogen (secondary N) is 1. The summed E-state index contributed by atoms with van der Waals surface area (Å²) in [7, 11) is 3.08. The van der Waals surface area contributed by atoms with Gasteiger partial charge in [0, 0.05) is 33.5 Å². The number of carbonyl (C=O) groups excluding carboxylic acids is 4. The third kappa shape index (κ3) is 13.9. The molecule has 0 aliphatic heterocycles. The molecule has 0 unspecified atom stereocenters. The van der Waals surface area contributed by atoms with E-state index in [2.05, 4.69) is 12.2 Å². The van der Waals surface area contributed by atoms with E-state index in [1.165, 1.54) is 55.9 Å². The van der Waals surface area contributed by atoms with Gasteiger partial charge in [-0.3, -0.25) is 19.2 Å². The van der Waals surface area contributed by atoms with Crippen LogP contribution in [0.4, 0.5) is 0 Å². The maximum atomic E-state index is 12.0. The predicted molar refractivity (Wildman–Crippen MR) is 106 cm³/mol. The van der Waals surface area contributed by atoms with E-state index in [1.807, 2.05) is 0 Å². The number of hydrogen-bond acceptors (Lipinski definition) is 4. The summed E-state index contributed by atoms with van der Waals surface area (Å²) in [4.78, 5) is 49.4. The van der Waals surface area contributed by atoms with Gasteiger partial charge in [-0.1, -0.05) is 45.4 Å². The summed E-state index contributed by atoms with van der Waals surface area (Å²) in [6.07, 6.45) is 8.78. The lowest BCUT2D eigenvalue weighted by molar-refractivity contribution is -0.139. The average molecular weight is 384 g/mol. The summed E-state index contributed by atoms with van der Waals surface area (Å²) in [5, 5.41) is 2.76. The molecule has 0 aromatic rings. The number of nitrogens with zero attached hydrogens (tertiary/aromatic N) is 2. The van der Waals surface area contributed by atoms with Crippen molar-refractivity contribution >= 4 is 23.5 Å². The molecule has 3 amide bonds. The van der Waals surface area contributed by atoms with Crippen molar-refractivity contribution in [2.75, 3.05) is 33.7 Å². The molecule has 0 fully saturated rings. The van der Waals surface area contributed by atoms with Gasteiger partial charge in [-0.25, -0.2) is 0 Å². The molecule has 0 radical (unpaired) electrons. The molecule has 7 nitrogen and oxygen atoms in total. The van der Waals surface area contributed by atoms with Crippen molar-refractivity contribution < 1.29 is 19.2 Å². The Balaban J connectivity index is 3.83. The number of rotatable bonds is 15. The van der Waals surface area contributed by atoms with Crippen molar-refractivity contribution in [2.24, 2.45) is 0 Å². The molecule has 0 aliphatic rings. The van der Waals surface area contributed by atoms with Gasteiger partial charge in [-0.05, 0) is 13.3 Å². The topological polar surface area (TPSA) is 86.8 Å². The highest BCUT2D eigenvalue weighted by Gasteiger charge is 2.16. The molecular formula is C20H37N3O4. The quantitative estimate of drug-likeness (QED) is 0.439. The van der Waals surface area contributed by atoms with E-state index in [0.717, 1.165) is 12.8 Å². The van der Waals surface area contributed by atoms with Gasteiger partial charge in [0.15, 0.2) is 0 Å². The average Bonchev–Trinajstić information content (AvgIpc) is 2.60. The van der Waals surface area contributed by atoms with Gasteiger partial charge in [-0.15, -0.1) is 0 Å². The second-order valence-corrected chi connectivity index (χ2v) is 7.17. The van der Waals surface area contributed by atoms with Crippen LogP contribution in [-0.4, -0.2) is 67.0 Å². The van der Waals surface area contributed by atoms with Crippen LogP contribution in [0.25, 0.3) is 0 Å². The Morgan fingerprint density at radius 3 is 1.89 bits per heavy atom. The number of Topliss-reactive ketones (excluding diaryl/α,β-unsaturated/α-hetero) is 1. The number of carbonyl (C=O) groups is 4. The Labute approximate surface area is 163 Å². The van der Waals surface area contributed by atoms with Crippen molar-refractivity contribution in [3.05, 3.63) is 0 Å². The number of amides is 3. The van der Waals surface area contributed by atoms with Crippen molar-refractivity contribution in [2.45, 2.75) is 71.6 Å². The molecule has 0 saturated carbocycles. The minimum absolute atomic E-state index is 0.0312. The van der Waals surface area contributed by atoms with Gasteiger partial charge in [0.05, 0.1) is 13.1 Å². The van der Waals surface area contributed by atoms with Crippen molar-refractivity contribution in [3.63, 3.8) is 0 Å². The molecule has 0 aliphatic carbocycles. The molecule has 0 bridgehead atoms. The number of ketones is 1. The zero-order valence-corrected chi connectivity index (χ0v) is 17.5. The lowest BCUT2D eigenvalue weighted by Crippen LogP contribution is -2.41. The van der Waals surface area contributed by atoms with Crippen LogP contribution < -0.4 is 5.32 Å². The second-order valence-electron chi connectivity index (χ2n) is 7.17. The fourth-order valence-corrected chi connectivity index (χ4v) is 2.66. The number of hydrogen-bond donors (Lipinski definition) is 1. The van der Waals surface area contributed by atoms with E-state index in [9.17, 15) is 19.2 Å². The van der Waals surface area contributed by atoms with E-state index in [-0.39, 0.29) is 49.6 Å². The van der Waals surface area contributed by atoms with E-state index >= 15 is 0 Å². The third-order valence-corrected chi connectivity index (χ3v) is 4.35. The number of likely N-dealkylation sites (N-methyl/N-ethyl adjacent to an activating group) is 2. The Morgan fingerprint density at radius 1 is 0.741 bits per heavy atom. The molecule has 1 N–H and O–H groups in total. The lowest BCUT2D eigenvalue weighted by atomic mass is 10.1. The maximum Gasteiger partial charge on any atom is 0.242 e.